The predicted octanol–water partition coefficient (Wildman–Crippen LogP) is 1.47. The van der Waals surface area contributed by atoms with E-state index < -0.39 is 5.97 Å². The first kappa shape index (κ1) is 14.5. The molecule has 2 rings (SSSR count). The minimum atomic E-state index is -0.931. The van der Waals surface area contributed by atoms with Gasteiger partial charge in [0, 0.05) is 25.4 Å². The molecule has 1 aromatic rings. The maximum atomic E-state index is 11.8. The molecule has 1 saturated heterocycles. The number of carbonyl (C=O) groups is 2. The normalized spacial score (nSPS) is 18.9. The van der Waals surface area contributed by atoms with Crippen LogP contribution in [-0.4, -0.2) is 46.7 Å². The maximum Gasteiger partial charge on any atom is 0.335 e. The van der Waals surface area contributed by atoms with Crippen molar-refractivity contribution >= 4 is 11.9 Å². The second kappa shape index (κ2) is 6.52. The standard InChI is InChI=1S/C15H19NO4/c17-9-7-14(18)16-8-1-2-13(10-16)11-3-5-12(6-4-11)15(19)20/h3-6,13,17H,1-2,7-10H2,(H,19,20)/t13-/m0/s1. The van der Waals surface area contributed by atoms with Crippen molar-refractivity contribution in [3.05, 3.63) is 35.4 Å². The number of aromatic carboxylic acids is 1. The van der Waals surface area contributed by atoms with Crippen LogP contribution in [0.1, 0.15) is 41.1 Å². The van der Waals surface area contributed by atoms with Crippen LogP contribution in [0.4, 0.5) is 0 Å². The average molecular weight is 277 g/mol. The lowest BCUT2D eigenvalue weighted by Crippen LogP contribution is -2.39. The smallest absolute Gasteiger partial charge is 0.335 e. The Hall–Kier alpha value is -1.88. The molecule has 0 aliphatic carbocycles. The topological polar surface area (TPSA) is 77.8 Å². The van der Waals surface area contributed by atoms with Crippen molar-refractivity contribution in [3.63, 3.8) is 0 Å². The number of likely N-dealkylation sites (tertiary alicyclic amines) is 1. The molecule has 1 atom stereocenters. The average Bonchev–Trinajstić information content (AvgIpc) is 2.48. The summed E-state index contributed by atoms with van der Waals surface area (Å²) in [7, 11) is 0. The zero-order valence-corrected chi connectivity index (χ0v) is 11.3. The Kier molecular flexibility index (Phi) is 4.74. The monoisotopic (exact) mass is 277 g/mol. The van der Waals surface area contributed by atoms with Crippen molar-refractivity contribution in [2.75, 3.05) is 19.7 Å². The number of benzene rings is 1. The first-order valence-corrected chi connectivity index (χ1v) is 6.83. The third kappa shape index (κ3) is 3.36. The number of amides is 1. The van der Waals surface area contributed by atoms with Gasteiger partial charge >= 0.3 is 5.97 Å². The lowest BCUT2D eigenvalue weighted by Gasteiger charge is -2.33. The molecular weight excluding hydrogens is 258 g/mol. The summed E-state index contributed by atoms with van der Waals surface area (Å²) in [5.74, 6) is -0.700. The summed E-state index contributed by atoms with van der Waals surface area (Å²) in [5.41, 5.74) is 1.34. The first-order valence-electron chi connectivity index (χ1n) is 6.83. The van der Waals surface area contributed by atoms with E-state index in [1.807, 2.05) is 12.1 Å². The number of carbonyl (C=O) groups excluding carboxylic acids is 1. The van der Waals surface area contributed by atoms with Crippen LogP contribution in [0.3, 0.4) is 0 Å². The molecule has 0 unspecified atom stereocenters. The van der Waals surface area contributed by atoms with Crippen LogP contribution in [0.25, 0.3) is 0 Å². The maximum absolute atomic E-state index is 11.8. The SMILES string of the molecule is O=C(O)c1ccc([C@H]2CCCN(C(=O)CCO)C2)cc1. The van der Waals surface area contributed by atoms with E-state index in [1.165, 1.54) is 0 Å². The van der Waals surface area contributed by atoms with Gasteiger partial charge in [-0.1, -0.05) is 12.1 Å². The fourth-order valence-electron chi connectivity index (χ4n) is 2.63. The molecule has 0 spiro atoms. The number of hydrogen-bond donors (Lipinski definition) is 2. The highest BCUT2D eigenvalue weighted by Crippen LogP contribution is 2.27. The van der Waals surface area contributed by atoms with E-state index in [9.17, 15) is 9.59 Å². The van der Waals surface area contributed by atoms with Crippen LogP contribution in [0.5, 0.6) is 0 Å². The van der Waals surface area contributed by atoms with Gasteiger partial charge in [0.05, 0.1) is 12.2 Å². The molecule has 1 fully saturated rings. The Morgan fingerprint density at radius 2 is 1.95 bits per heavy atom. The van der Waals surface area contributed by atoms with Gasteiger partial charge in [-0.3, -0.25) is 4.79 Å². The van der Waals surface area contributed by atoms with Gasteiger partial charge in [-0.15, -0.1) is 0 Å². The zero-order chi connectivity index (χ0) is 14.5. The molecular formula is C15H19NO4. The molecule has 1 amide bonds. The van der Waals surface area contributed by atoms with Gasteiger partial charge in [-0.05, 0) is 30.5 Å². The number of carboxylic acid groups (broad SMARTS) is 1. The molecule has 0 saturated carbocycles. The minimum absolute atomic E-state index is 0.0145. The van der Waals surface area contributed by atoms with Gasteiger partial charge < -0.3 is 15.1 Å². The lowest BCUT2D eigenvalue weighted by atomic mass is 9.90. The first-order chi connectivity index (χ1) is 9.61. The number of carboxylic acids is 1. The lowest BCUT2D eigenvalue weighted by molar-refractivity contribution is -0.133. The Morgan fingerprint density at radius 1 is 1.25 bits per heavy atom. The van der Waals surface area contributed by atoms with E-state index in [0.29, 0.717) is 6.54 Å². The second-order valence-corrected chi connectivity index (χ2v) is 5.08. The van der Waals surface area contributed by atoms with Crippen molar-refractivity contribution in [1.82, 2.24) is 4.90 Å². The predicted molar refractivity (Wildman–Crippen MR) is 73.7 cm³/mol. The van der Waals surface area contributed by atoms with Crippen LogP contribution < -0.4 is 0 Å². The number of piperidine rings is 1. The molecule has 0 aromatic heterocycles. The Labute approximate surface area is 117 Å². The molecule has 0 bridgehead atoms. The molecule has 1 aliphatic heterocycles. The Balaban J connectivity index is 2.04. The third-order valence-corrected chi connectivity index (χ3v) is 3.73. The quantitative estimate of drug-likeness (QED) is 0.873. The van der Waals surface area contributed by atoms with Gasteiger partial charge in [-0.25, -0.2) is 4.79 Å². The highest BCUT2D eigenvalue weighted by molar-refractivity contribution is 5.87. The number of aliphatic hydroxyl groups excluding tert-OH is 1. The van der Waals surface area contributed by atoms with Crippen molar-refractivity contribution in [2.45, 2.75) is 25.2 Å². The molecule has 2 N–H and O–H groups in total. The minimum Gasteiger partial charge on any atom is -0.478 e. The molecule has 5 nitrogen and oxygen atoms in total. The summed E-state index contributed by atoms with van der Waals surface area (Å²) in [6, 6.07) is 6.86. The fraction of sp³-hybridized carbons (Fsp3) is 0.467. The summed E-state index contributed by atoms with van der Waals surface area (Å²) < 4.78 is 0. The Morgan fingerprint density at radius 3 is 2.55 bits per heavy atom. The van der Waals surface area contributed by atoms with Crippen LogP contribution in [0.15, 0.2) is 24.3 Å². The Bertz CT molecular complexity index is 483. The summed E-state index contributed by atoms with van der Waals surface area (Å²) in [6.07, 6.45) is 2.10. The van der Waals surface area contributed by atoms with Crippen LogP contribution in [0.2, 0.25) is 0 Å². The second-order valence-electron chi connectivity index (χ2n) is 5.08. The summed E-state index contributed by atoms with van der Waals surface area (Å²) in [6.45, 7) is 1.26. The largest absolute Gasteiger partial charge is 0.478 e. The van der Waals surface area contributed by atoms with E-state index in [0.717, 1.165) is 24.9 Å². The summed E-state index contributed by atoms with van der Waals surface area (Å²) in [4.78, 5) is 24.4. The third-order valence-electron chi connectivity index (χ3n) is 3.73. The van der Waals surface area contributed by atoms with Crippen molar-refractivity contribution in [1.29, 1.82) is 0 Å². The fourth-order valence-corrected chi connectivity index (χ4v) is 2.63. The molecule has 1 aromatic carbocycles. The van der Waals surface area contributed by atoms with Gasteiger partial charge in [0.15, 0.2) is 0 Å². The van der Waals surface area contributed by atoms with Crippen molar-refractivity contribution < 1.29 is 19.8 Å². The molecule has 5 heteroatoms. The van der Waals surface area contributed by atoms with Crippen LogP contribution >= 0.6 is 0 Å². The molecule has 1 aliphatic rings. The van der Waals surface area contributed by atoms with Crippen LogP contribution in [0, 0.1) is 0 Å². The zero-order valence-electron chi connectivity index (χ0n) is 11.3. The molecule has 108 valence electrons. The number of nitrogens with zero attached hydrogens (tertiary/aromatic N) is 1. The molecule has 1 heterocycles. The van der Waals surface area contributed by atoms with Gasteiger partial charge in [-0.2, -0.15) is 0 Å². The highest BCUT2D eigenvalue weighted by Gasteiger charge is 2.24. The van der Waals surface area contributed by atoms with E-state index in [2.05, 4.69) is 0 Å². The van der Waals surface area contributed by atoms with E-state index in [1.54, 1.807) is 17.0 Å². The molecule has 0 radical (unpaired) electrons. The number of aliphatic hydroxyl groups is 1. The van der Waals surface area contributed by atoms with E-state index in [4.69, 9.17) is 10.2 Å². The summed E-state index contributed by atoms with van der Waals surface area (Å²) >= 11 is 0. The van der Waals surface area contributed by atoms with Crippen molar-refractivity contribution in [2.24, 2.45) is 0 Å². The van der Waals surface area contributed by atoms with Gasteiger partial charge in [0.2, 0.25) is 5.91 Å². The van der Waals surface area contributed by atoms with Crippen molar-refractivity contribution in [3.8, 4) is 0 Å². The number of hydrogen-bond acceptors (Lipinski definition) is 3. The summed E-state index contributed by atoms with van der Waals surface area (Å²) in [5, 5.41) is 17.7. The molecule has 20 heavy (non-hydrogen) atoms. The van der Waals surface area contributed by atoms with Crippen LogP contribution in [-0.2, 0) is 4.79 Å². The van der Waals surface area contributed by atoms with E-state index in [-0.39, 0.29) is 30.4 Å². The number of rotatable bonds is 4. The van der Waals surface area contributed by atoms with Gasteiger partial charge in [0.25, 0.3) is 0 Å². The van der Waals surface area contributed by atoms with E-state index >= 15 is 0 Å². The van der Waals surface area contributed by atoms with Gasteiger partial charge in [0.1, 0.15) is 0 Å². The highest BCUT2D eigenvalue weighted by atomic mass is 16.4.